The maximum atomic E-state index is 12.3. The van der Waals surface area contributed by atoms with Gasteiger partial charge in [0.2, 0.25) is 5.91 Å². The van der Waals surface area contributed by atoms with E-state index in [4.69, 9.17) is 22.8 Å². The fourth-order valence-corrected chi connectivity index (χ4v) is 2.98. The predicted molar refractivity (Wildman–Crippen MR) is 111 cm³/mol. The van der Waals surface area contributed by atoms with Crippen LogP contribution in [0.25, 0.3) is 0 Å². The number of benzene rings is 2. The predicted octanol–water partition coefficient (Wildman–Crippen LogP) is 4.62. The van der Waals surface area contributed by atoms with Crippen molar-refractivity contribution in [2.24, 2.45) is 0 Å². The van der Waals surface area contributed by atoms with E-state index in [1.165, 1.54) is 0 Å². The molecule has 1 atom stereocenters. The summed E-state index contributed by atoms with van der Waals surface area (Å²) in [5.41, 5.74) is 2.85. The Morgan fingerprint density at radius 3 is 2.64 bits per heavy atom. The maximum Gasteiger partial charge on any atom is 0.221 e. The van der Waals surface area contributed by atoms with Crippen LogP contribution in [0.3, 0.4) is 0 Å². The molecule has 0 heterocycles. The number of nitrogens with one attached hydrogen (secondary N) is 1. The van der Waals surface area contributed by atoms with Gasteiger partial charge in [0.15, 0.2) is 0 Å². The van der Waals surface area contributed by atoms with Gasteiger partial charge in [-0.15, -0.1) is 6.42 Å². The Bertz CT molecular complexity index is 879. The molecular formula is C23H23ClN2O2. The normalized spacial score (nSPS) is 11.1. The quantitative estimate of drug-likeness (QED) is 0.631. The molecule has 0 saturated heterocycles. The molecule has 0 aromatic heterocycles. The minimum absolute atomic E-state index is 0.175. The highest BCUT2D eigenvalue weighted by Crippen LogP contribution is 2.23. The molecule has 1 amide bonds. The van der Waals surface area contributed by atoms with Gasteiger partial charge in [-0.3, -0.25) is 4.79 Å². The number of ether oxygens (including phenoxy) is 1. The first-order valence-electron chi connectivity index (χ1n) is 9.19. The fraction of sp³-hybridized carbons (Fsp3) is 0.304. The number of carbonyl (C=O) groups is 1. The molecule has 2 rings (SSSR count). The minimum Gasteiger partial charge on any atom is -0.481 e. The van der Waals surface area contributed by atoms with Gasteiger partial charge < -0.3 is 10.1 Å². The number of nitrogens with zero attached hydrogens (tertiary/aromatic N) is 1. The van der Waals surface area contributed by atoms with Crippen LogP contribution < -0.4 is 10.1 Å². The van der Waals surface area contributed by atoms with Gasteiger partial charge in [0.05, 0.1) is 6.07 Å². The molecule has 4 nitrogen and oxygen atoms in total. The Labute approximate surface area is 171 Å². The van der Waals surface area contributed by atoms with Crippen LogP contribution in [0.2, 0.25) is 5.02 Å². The zero-order valence-corrected chi connectivity index (χ0v) is 16.6. The van der Waals surface area contributed by atoms with E-state index < -0.39 is 6.04 Å². The SMILES string of the molecule is C#CCOc1ccc(CCC(=O)NC(C#N)c2ccc(Cl)cc2)cc1CCC. The topological polar surface area (TPSA) is 62.1 Å². The Morgan fingerprint density at radius 2 is 2.00 bits per heavy atom. The van der Waals surface area contributed by atoms with Crippen LogP contribution in [0.5, 0.6) is 5.75 Å². The van der Waals surface area contributed by atoms with Gasteiger partial charge in [-0.1, -0.05) is 55.1 Å². The molecule has 0 aliphatic carbocycles. The summed E-state index contributed by atoms with van der Waals surface area (Å²) < 4.78 is 5.58. The van der Waals surface area contributed by atoms with E-state index in [0.717, 1.165) is 29.7 Å². The van der Waals surface area contributed by atoms with E-state index in [2.05, 4.69) is 30.3 Å². The highest BCUT2D eigenvalue weighted by atomic mass is 35.5. The summed E-state index contributed by atoms with van der Waals surface area (Å²) in [5, 5.41) is 12.7. The van der Waals surface area contributed by atoms with Crippen LogP contribution in [-0.4, -0.2) is 12.5 Å². The number of hydrogen-bond acceptors (Lipinski definition) is 3. The van der Waals surface area contributed by atoms with Crippen molar-refractivity contribution >= 4 is 17.5 Å². The zero-order chi connectivity index (χ0) is 20.4. The first kappa shape index (κ1) is 21.4. The molecule has 0 fully saturated rings. The first-order chi connectivity index (χ1) is 13.6. The van der Waals surface area contributed by atoms with E-state index >= 15 is 0 Å². The molecule has 144 valence electrons. The molecule has 28 heavy (non-hydrogen) atoms. The molecule has 0 aliphatic heterocycles. The lowest BCUT2D eigenvalue weighted by Gasteiger charge is -2.13. The standard InChI is InChI=1S/C23H23ClN2O2/c1-3-5-19-15-17(6-12-22(19)28-14-4-2)7-13-23(27)26-21(16-25)18-8-10-20(24)11-9-18/h2,6,8-12,15,21H,3,5,7,13-14H2,1H3,(H,26,27). The van der Waals surface area contributed by atoms with Gasteiger partial charge in [-0.2, -0.15) is 5.26 Å². The Balaban J connectivity index is 1.97. The first-order valence-corrected chi connectivity index (χ1v) is 9.57. The van der Waals surface area contributed by atoms with Crippen molar-refractivity contribution in [2.75, 3.05) is 6.61 Å². The van der Waals surface area contributed by atoms with E-state index in [9.17, 15) is 10.1 Å². The van der Waals surface area contributed by atoms with E-state index in [0.29, 0.717) is 23.4 Å². The molecule has 0 radical (unpaired) electrons. The molecule has 1 N–H and O–H groups in total. The lowest BCUT2D eigenvalue weighted by atomic mass is 10.0. The van der Waals surface area contributed by atoms with E-state index in [1.807, 2.05) is 12.1 Å². The van der Waals surface area contributed by atoms with Crippen molar-refractivity contribution in [1.82, 2.24) is 5.32 Å². The number of hydrogen-bond donors (Lipinski definition) is 1. The van der Waals surface area contributed by atoms with E-state index in [-0.39, 0.29) is 12.5 Å². The lowest BCUT2D eigenvalue weighted by Crippen LogP contribution is -2.27. The van der Waals surface area contributed by atoms with Crippen molar-refractivity contribution < 1.29 is 9.53 Å². The summed E-state index contributed by atoms with van der Waals surface area (Å²) in [6.45, 7) is 2.34. The monoisotopic (exact) mass is 394 g/mol. The number of nitriles is 1. The van der Waals surface area contributed by atoms with Gasteiger partial charge >= 0.3 is 0 Å². The molecule has 2 aromatic carbocycles. The van der Waals surface area contributed by atoms with Crippen molar-refractivity contribution in [2.45, 2.75) is 38.6 Å². The summed E-state index contributed by atoms with van der Waals surface area (Å²) in [6, 6.07) is 14.2. The third kappa shape index (κ3) is 6.34. The van der Waals surface area contributed by atoms with Crippen LogP contribution in [0.4, 0.5) is 0 Å². The smallest absolute Gasteiger partial charge is 0.221 e. The highest BCUT2D eigenvalue weighted by Gasteiger charge is 2.14. The molecule has 2 aromatic rings. The largest absolute Gasteiger partial charge is 0.481 e. The molecule has 1 unspecified atom stereocenters. The second-order valence-corrected chi connectivity index (χ2v) is 6.80. The molecule has 0 bridgehead atoms. The third-order valence-corrected chi connectivity index (χ3v) is 4.49. The Morgan fingerprint density at radius 1 is 1.25 bits per heavy atom. The second-order valence-electron chi connectivity index (χ2n) is 6.37. The maximum absolute atomic E-state index is 12.3. The summed E-state index contributed by atoms with van der Waals surface area (Å²) in [6.07, 6.45) is 8.01. The highest BCUT2D eigenvalue weighted by molar-refractivity contribution is 6.30. The average Bonchev–Trinajstić information content (AvgIpc) is 2.70. The Hall–Kier alpha value is -2.95. The number of halogens is 1. The van der Waals surface area contributed by atoms with Gasteiger partial charge in [0.1, 0.15) is 18.4 Å². The van der Waals surface area contributed by atoms with Crippen molar-refractivity contribution in [3.05, 3.63) is 64.2 Å². The van der Waals surface area contributed by atoms with Gasteiger partial charge in [0, 0.05) is 11.4 Å². The number of amides is 1. The van der Waals surface area contributed by atoms with Crippen LogP contribution >= 0.6 is 11.6 Å². The van der Waals surface area contributed by atoms with Crippen LogP contribution in [-0.2, 0) is 17.6 Å². The number of carbonyl (C=O) groups excluding carboxylic acids is 1. The van der Waals surface area contributed by atoms with Gasteiger partial charge in [-0.25, -0.2) is 0 Å². The van der Waals surface area contributed by atoms with Crippen molar-refractivity contribution in [3.8, 4) is 24.2 Å². The molecule has 0 saturated carbocycles. The molecule has 0 aliphatic rings. The summed E-state index contributed by atoms with van der Waals surface area (Å²) in [7, 11) is 0. The number of terminal acetylenes is 1. The minimum atomic E-state index is -0.694. The van der Waals surface area contributed by atoms with Crippen LogP contribution in [0.15, 0.2) is 42.5 Å². The molecule has 0 spiro atoms. The number of rotatable bonds is 9. The zero-order valence-electron chi connectivity index (χ0n) is 15.9. The van der Waals surface area contributed by atoms with Crippen LogP contribution in [0, 0.1) is 23.7 Å². The molecule has 5 heteroatoms. The van der Waals surface area contributed by atoms with Gasteiger partial charge in [0.25, 0.3) is 0 Å². The lowest BCUT2D eigenvalue weighted by molar-refractivity contribution is -0.121. The number of aryl methyl sites for hydroxylation is 2. The summed E-state index contributed by atoms with van der Waals surface area (Å²) >= 11 is 5.87. The van der Waals surface area contributed by atoms with Crippen molar-refractivity contribution in [3.63, 3.8) is 0 Å². The Kier molecular flexibility index (Phi) is 8.40. The summed E-state index contributed by atoms with van der Waals surface area (Å²) in [5.74, 6) is 3.09. The average molecular weight is 395 g/mol. The van der Waals surface area contributed by atoms with Gasteiger partial charge in [-0.05, 0) is 47.7 Å². The third-order valence-electron chi connectivity index (χ3n) is 4.23. The summed E-state index contributed by atoms with van der Waals surface area (Å²) in [4.78, 5) is 12.3. The molecular weight excluding hydrogens is 372 g/mol. The van der Waals surface area contributed by atoms with Crippen LogP contribution in [0.1, 0.15) is 42.5 Å². The van der Waals surface area contributed by atoms with Crippen molar-refractivity contribution in [1.29, 1.82) is 5.26 Å². The second kappa shape index (κ2) is 11.0. The van der Waals surface area contributed by atoms with E-state index in [1.54, 1.807) is 24.3 Å². The fourth-order valence-electron chi connectivity index (χ4n) is 2.85.